The molecule has 0 saturated heterocycles. The van der Waals surface area contributed by atoms with E-state index >= 15 is 0 Å². The smallest absolute Gasteiger partial charge is 0.228 e. The molecule has 0 spiro atoms. The maximum absolute atomic E-state index is 12.3. The minimum Gasteiger partial charge on any atom is -0.324 e. The molecule has 0 fully saturated rings. The van der Waals surface area contributed by atoms with Gasteiger partial charge in [-0.2, -0.15) is 0 Å². The molecule has 0 aromatic heterocycles. The summed E-state index contributed by atoms with van der Waals surface area (Å²) in [5.41, 5.74) is 2.41. The first kappa shape index (κ1) is 12.0. The average molecular weight is 256 g/mol. The van der Waals surface area contributed by atoms with Crippen LogP contribution in [0.25, 0.3) is 0 Å². The summed E-state index contributed by atoms with van der Waals surface area (Å²) in [5.74, 6) is -0.650. The molecule has 2 N–H and O–H groups in total. The summed E-state index contributed by atoms with van der Waals surface area (Å²) in [6, 6.07) is 5.64. The lowest BCUT2D eigenvalue weighted by atomic mass is 9.81. The maximum Gasteiger partial charge on any atom is 0.228 e. The lowest BCUT2D eigenvalue weighted by Crippen LogP contribution is -2.39. The monoisotopic (exact) mass is 256 g/mol. The van der Waals surface area contributed by atoms with E-state index in [2.05, 4.69) is 10.6 Å². The molecule has 2 atom stereocenters. The van der Waals surface area contributed by atoms with Gasteiger partial charge >= 0.3 is 0 Å². The Hall–Kier alpha value is -2.10. The van der Waals surface area contributed by atoms with Gasteiger partial charge in [-0.05, 0) is 37.5 Å². The Morgan fingerprint density at radius 3 is 2.16 bits per heavy atom. The predicted octanol–water partition coefficient (Wildman–Crippen LogP) is 2.47. The number of carbonyl (C=O) groups is 2. The Balaban J connectivity index is 2.02. The third-order valence-corrected chi connectivity index (χ3v) is 3.80. The van der Waals surface area contributed by atoms with E-state index in [0.29, 0.717) is 24.2 Å². The topological polar surface area (TPSA) is 58.2 Å². The van der Waals surface area contributed by atoms with Crippen molar-refractivity contribution in [2.75, 3.05) is 10.6 Å². The van der Waals surface area contributed by atoms with Crippen LogP contribution in [-0.2, 0) is 9.59 Å². The quantitative estimate of drug-likeness (QED) is 0.700. The molecule has 1 aromatic carbocycles. The second-order valence-corrected chi connectivity index (χ2v) is 5.18. The molecule has 1 aliphatic heterocycles. The second-order valence-electron chi connectivity index (χ2n) is 5.18. The van der Waals surface area contributed by atoms with Gasteiger partial charge in [0.05, 0.1) is 23.2 Å². The summed E-state index contributed by atoms with van der Waals surface area (Å²) >= 11 is 0. The molecule has 0 radical (unpaired) electrons. The van der Waals surface area contributed by atoms with Crippen LogP contribution in [0.3, 0.4) is 0 Å². The molecule has 1 aliphatic carbocycles. The van der Waals surface area contributed by atoms with Gasteiger partial charge in [0.1, 0.15) is 0 Å². The number of aryl methyl sites for hydroxylation is 1. The molecule has 4 nitrogen and oxygen atoms in total. The summed E-state index contributed by atoms with van der Waals surface area (Å²) in [6.07, 6.45) is 5.22. The molecular formula is C15H16N2O2. The van der Waals surface area contributed by atoms with E-state index in [4.69, 9.17) is 0 Å². The number of fused-ring (bicyclic) bond motifs is 2. The second kappa shape index (κ2) is 4.53. The fraction of sp³-hybridized carbons (Fsp3) is 0.333. The van der Waals surface area contributed by atoms with Crippen molar-refractivity contribution in [2.24, 2.45) is 11.8 Å². The van der Waals surface area contributed by atoms with E-state index in [1.165, 1.54) is 0 Å². The van der Waals surface area contributed by atoms with Crippen molar-refractivity contribution in [3.63, 3.8) is 0 Å². The normalized spacial score (nSPS) is 25.5. The molecule has 0 bridgehead atoms. The van der Waals surface area contributed by atoms with Crippen LogP contribution >= 0.6 is 0 Å². The predicted molar refractivity (Wildman–Crippen MR) is 73.8 cm³/mol. The Morgan fingerprint density at radius 1 is 0.947 bits per heavy atom. The number of anilines is 2. The van der Waals surface area contributed by atoms with Crippen LogP contribution in [0.1, 0.15) is 18.4 Å². The highest BCUT2D eigenvalue weighted by Gasteiger charge is 2.36. The SMILES string of the molecule is Cc1ccc2c(c1)NC(=O)[C@@H]1CC=CC[C@@H]1C(=O)N2. The summed E-state index contributed by atoms with van der Waals surface area (Å²) in [6.45, 7) is 1.96. The van der Waals surface area contributed by atoms with Gasteiger partial charge in [0.15, 0.2) is 0 Å². The van der Waals surface area contributed by atoms with E-state index in [-0.39, 0.29) is 23.7 Å². The highest BCUT2D eigenvalue weighted by molar-refractivity contribution is 6.06. The Kier molecular flexibility index (Phi) is 2.85. The van der Waals surface area contributed by atoms with Gasteiger partial charge in [-0.1, -0.05) is 18.2 Å². The number of nitrogens with one attached hydrogen (secondary N) is 2. The zero-order valence-corrected chi connectivity index (χ0v) is 10.8. The van der Waals surface area contributed by atoms with Crippen molar-refractivity contribution in [2.45, 2.75) is 19.8 Å². The van der Waals surface area contributed by atoms with Crippen molar-refractivity contribution in [3.05, 3.63) is 35.9 Å². The van der Waals surface area contributed by atoms with E-state index < -0.39 is 0 Å². The fourth-order valence-electron chi connectivity index (χ4n) is 2.72. The van der Waals surface area contributed by atoms with Gasteiger partial charge in [0.25, 0.3) is 0 Å². The van der Waals surface area contributed by atoms with Crippen LogP contribution in [0.5, 0.6) is 0 Å². The first-order valence-corrected chi connectivity index (χ1v) is 6.52. The molecule has 2 aliphatic rings. The van der Waals surface area contributed by atoms with Gasteiger partial charge in [-0.25, -0.2) is 0 Å². The van der Waals surface area contributed by atoms with E-state index in [1.54, 1.807) is 0 Å². The first-order chi connectivity index (χ1) is 9.15. The number of hydrogen-bond donors (Lipinski definition) is 2. The molecule has 98 valence electrons. The van der Waals surface area contributed by atoms with Crippen molar-refractivity contribution in [1.82, 2.24) is 0 Å². The third-order valence-electron chi connectivity index (χ3n) is 3.80. The third kappa shape index (κ3) is 2.14. The van der Waals surface area contributed by atoms with E-state index in [0.717, 1.165) is 5.56 Å². The molecule has 3 rings (SSSR count). The number of rotatable bonds is 0. The number of hydrogen-bond acceptors (Lipinski definition) is 2. The van der Waals surface area contributed by atoms with Crippen LogP contribution in [-0.4, -0.2) is 11.8 Å². The number of amides is 2. The number of allylic oxidation sites excluding steroid dienone is 2. The Bertz CT molecular complexity index is 578. The Morgan fingerprint density at radius 2 is 1.53 bits per heavy atom. The van der Waals surface area contributed by atoms with Gasteiger partial charge in [0.2, 0.25) is 11.8 Å². The maximum atomic E-state index is 12.3. The van der Waals surface area contributed by atoms with Crippen molar-refractivity contribution < 1.29 is 9.59 Å². The minimum absolute atomic E-state index is 0.0592. The first-order valence-electron chi connectivity index (χ1n) is 6.52. The fourth-order valence-corrected chi connectivity index (χ4v) is 2.72. The largest absolute Gasteiger partial charge is 0.324 e. The van der Waals surface area contributed by atoms with Gasteiger partial charge in [-0.15, -0.1) is 0 Å². The Labute approximate surface area is 111 Å². The summed E-state index contributed by atoms with van der Waals surface area (Å²) in [4.78, 5) is 24.6. The molecule has 2 amide bonds. The van der Waals surface area contributed by atoms with Gasteiger partial charge in [-0.3, -0.25) is 9.59 Å². The zero-order chi connectivity index (χ0) is 13.4. The van der Waals surface area contributed by atoms with E-state index in [1.807, 2.05) is 37.3 Å². The van der Waals surface area contributed by atoms with Gasteiger partial charge in [0, 0.05) is 0 Å². The molecule has 0 saturated carbocycles. The minimum atomic E-state index is -0.265. The molecule has 4 heteroatoms. The van der Waals surface area contributed by atoms with Gasteiger partial charge < -0.3 is 10.6 Å². The highest BCUT2D eigenvalue weighted by atomic mass is 16.2. The van der Waals surface area contributed by atoms with Crippen LogP contribution in [0.4, 0.5) is 11.4 Å². The molecule has 0 unspecified atom stereocenters. The van der Waals surface area contributed by atoms with E-state index in [9.17, 15) is 9.59 Å². The van der Waals surface area contributed by atoms with Crippen LogP contribution in [0.2, 0.25) is 0 Å². The lowest BCUT2D eigenvalue weighted by Gasteiger charge is -2.30. The van der Waals surface area contributed by atoms with Crippen molar-refractivity contribution in [3.8, 4) is 0 Å². The standard InChI is InChI=1S/C15H16N2O2/c1-9-6-7-12-13(8-9)17-15(19)11-5-3-2-4-10(11)14(18)16-12/h2-3,6-8,10-11H,4-5H2,1H3,(H,16,18)(H,17,19)/t10-,11+/m0/s1. The summed E-state index contributed by atoms with van der Waals surface area (Å²) in [7, 11) is 0. The molecular weight excluding hydrogens is 240 g/mol. The average Bonchev–Trinajstić information content (AvgIpc) is 2.40. The van der Waals surface area contributed by atoms with Crippen LogP contribution in [0.15, 0.2) is 30.4 Å². The number of carbonyl (C=O) groups excluding carboxylic acids is 2. The number of benzene rings is 1. The van der Waals surface area contributed by atoms with Crippen LogP contribution in [0, 0.1) is 18.8 Å². The van der Waals surface area contributed by atoms with Crippen molar-refractivity contribution >= 4 is 23.2 Å². The molecule has 19 heavy (non-hydrogen) atoms. The highest BCUT2D eigenvalue weighted by Crippen LogP contribution is 2.33. The van der Waals surface area contributed by atoms with Crippen molar-refractivity contribution in [1.29, 1.82) is 0 Å². The van der Waals surface area contributed by atoms with Crippen LogP contribution < -0.4 is 10.6 Å². The molecule has 1 heterocycles. The summed E-state index contributed by atoms with van der Waals surface area (Å²) in [5, 5.41) is 5.86. The lowest BCUT2D eigenvalue weighted by molar-refractivity contribution is -0.129. The molecule has 1 aromatic rings. The summed E-state index contributed by atoms with van der Waals surface area (Å²) < 4.78 is 0. The zero-order valence-electron chi connectivity index (χ0n) is 10.8.